The molecule has 1 amide bonds. The van der Waals surface area contributed by atoms with Crippen LogP contribution < -0.4 is 11.0 Å². The molecule has 0 saturated heterocycles. The summed E-state index contributed by atoms with van der Waals surface area (Å²) in [4.78, 5) is 24.1. The van der Waals surface area contributed by atoms with Crippen LogP contribution in [0.25, 0.3) is 11.1 Å². The maximum Gasteiger partial charge on any atom is 0.264 e. The first-order chi connectivity index (χ1) is 12.1. The molecular weight excluding hydrogens is 363 g/mol. The van der Waals surface area contributed by atoms with E-state index in [0.29, 0.717) is 11.1 Å². The van der Waals surface area contributed by atoms with Crippen LogP contribution in [0.3, 0.4) is 0 Å². The van der Waals surface area contributed by atoms with Crippen LogP contribution in [0.5, 0.6) is 0 Å². The molecule has 0 unspecified atom stereocenters. The quantitative estimate of drug-likeness (QED) is 0.580. The molecule has 1 aromatic carbocycles. The molecule has 2 N–H and O–H groups in total. The van der Waals surface area contributed by atoms with Crippen LogP contribution in [0.1, 0.15) is 13.3 Å². The molecule has 26 heavy (non-hydrogen) atoms. The predicted molar refractivity (Wildman–Crippen MR) is 93.9 cm³/mol. The van der Waals surface area contributed by atoms with Gasteiger partial charge in [-0.2, -0.15) is 0 Å². The van der Waals surface area contributed by atoms with E-state index < -0.39 is 31.9 Å². The van der Waals surface area contributed by atoms with Crippen molar-refractivity contribution in [1.29, 1.82) is 0 Å². The summed E-state index contributed by atoms with van der Waals surface area (Å²) in [5.74, 6) is -1.49. The zero-order valence-corrected chi connectivity index (χ0v) is 15.1. The van der Waals surface area contributed by atoms with Gasteiger partial charge in [-0.05, 0) is 42.7 Å². The molecule has 9 heteroatoms. The van der Waals surface area contributed by atoms with Crippen LogP contribution in [0, 0.1) is 5.82 Å². The Hall–Kier alpha value is -2.52. The maximum absolute atomic E-state index is 13.3. The van der Waals surface area contributed by atoms with E-state index in [4.69, 9.17) is 5.21 Å². The number of aromatic nitrogens is 1. The lowest BCUT2D eigenvalue weighted by molar-refractivity contribution is -0.131. The number of nitrogens with one attached hydrogen (secondary N) is 1. The zero-order valence-electron chi connectivity index (χ0n) is 14.3. The second kappa shape index (κ2) is 7.38. The fourth-order valence-corrected chi connectivity index (χ4v) is 3.30. The van der Waals surface area contributed by atoms with Crippen LogP contribution in [0.15, 0.2) is 47.4 Å². The molecule has 7 nitrogen and oxygen atoms in total. The molecule has 0 fully saturated rings. The van der Waals surface area contributed by atoms with E-state index in [1.807, 2.05) is 0 Å². The lowest BCUT2D eigenvalue weighted by atomic mass is 10.1. The fraction of sp³-hybridized carbons (Fsp3) is 0.294. The third-order valence-corrected chi connectivity index (χ3v) is 6.41. The van der Waals surface area contributed by atoms with Gasteiger partial charge in [-0.15, -0.1) is 0 Å². The van der Waals surface area contributed by atoms with Gasteiger partial charge >= 0.3 is 0 Å². The van der Waals surface area contributed by atoms with Gasteiger partial charge in [0.05, 0.1) is 0 Å². The average Bonchev–Trinajstić information content (AvgIpc) is 2.58. The van der Waals surface area contributed by atoms with Gasteiger partial charge in [-0.1, -0.05) is 12.1 Å². The third kappa shape index (κ3) is 4.00. The number of benzene rings is 1. The van der Waals surface area contributed by atoms with Crippen LogP contribution in [0.4, 0.5) is 4.39 Å². The summed E-state index contributed by atoms with van der Waals surface area (Å²) in [6.45, 7) is 1.12. The number of rotatable bonds is 6. The number of carbonyl (C=O) groups is 1. The molecular formula is C17H19FN2O5S. The first kappa shape index (κ1) is 19.8. The van der Waals surface area contributed by atoms with Crippen LogP contribution in [-0.4, -0.2) is 35.1 Å². The van der Waals surface area contributed by atoms with E-state index in [0.717, 1.165) is 6.26 Å². The van der Waals surface area contributed by atoms with Crippen molar-refractivity contribution in [3.63, 3.8) is 0 Å². The van der Waals surface area contributed by atoms with Crippen molar-refractivity contribution < 1.29 is 22.8 Å². The summed E-state index contributed by atoms with van der Waals surface area (Å²) >= 11 is 0. The lowest BCUT2D eigenvalue weighted by Crippen LogP contribution is -2.49. The molecule has 0 bridgehead atoms. The van der Waals surface area contributed by atoms with Crippen molar-refractivity contribution >= 4 is 15.7 Å². The largest absolute Gasteiger partial charge is 0.315 e. The highest BCUT2D eigenvalue weighted by Crippen LogP contribution is 2.22. The number of sulfone groups is 1. The van der Waals surface area contributed by atoms with Crippen LogP contribution in [0.2, 0.25) is 0 Å². The van der Waals surface area contributed by atoms with Gasteiger partial charge in [0.25, 0.3) is 11.5 Å². The molecule has 0 aliphatic carbocycles. The zero-order chi connectivity index (χ0) is 19.5. The molecule has 0 aliphatic rings. The summed E-state index contributed by atoms with van der Waals surface area (Å²) in [5, 5.41) is 8.81. The Morgan fingerprint density at radius 3 is 2.46 bits per heavy atom. The smallest absolute Gasteiger partial charge is 0.264 e. The number of pyridine rings is 1. The van der Waals surface area contributed by atoms with Crippen molar-refractivity contribution in [2.24, 2.45) is 0 Å². The highest BCUT2D eigenvalue weighted by Gasteiger charge is 2.43. The summed E-state index contributed by atoms with van der Waals surface area (Å²) in [5.41, 5.74) is 1.99. The molecule has 2 rings (SSSR count). The van der Waals surface area contributed by atoms with Crippen molar-refractivity contribution in [3.05, 3.63) is 58.8 Å². The van der Waals surface area contributed by atoms with E-state index in [1.165, 1.54) is 47.4 Å². The van der Waals surface area contributed by atoms with Crippen molar-refractivity contribution in [2.45, 2.75) is 24.6 Å². The third-order valence-electron chi connectivity index (χ3n) is 4.38. The van der Waals surface area contributed by atoms with Crippen LogP contribution >= 0.6 is 0 Å². The topological polar surface area (TPSA) is 105 Å². The highest BCUT2D eigenvalue weighted by atomic mass is 32.2. The number of aryl methyl sites for hydroxylation is 1. The maximum atomic E-state index is 13.3. The molecule has 140 valence electrons. The number of hydroxylamine groups is 1. The molecule has 2 aromatic rings. The van der Waals surface area contributed by atoms with Gasteiger partial charge in [-0.3, -0.25) is 14.8 Å². The minimum Gasteiger partial charge on any atom is -0.315 e. The molecule has 0 aliphatic heterocycles. The fourth-order valence-electron chi connectivity index (χ4n) is 2.46. The summed E-state index contributed by atoms with van der Waals surface area (Å²) in [7, 11) is -3.84. The second-order valence-electron chi connectivity index (χ2n) is 6.15. The highest BCUT2D eigenvalue weighted by molar-refractivity contribution is 7.92. The second-order valence-corrected chi connectivity index (χ2v) is 8.60. The number of hydrogen-bond acceptors (Lipinski definition) is 5. The molecule has 1 aromatic heterocycles. The first-order valence-electron chi connectivity index (χ1n) is 7.69. The Balaban J connectivity index is 2.28. The van der Waals surface area contributed by atoms with Crippen molar-refractivity contribution in [2.75, 3.05) is 6.26 Å². The lowest BCUT2D eigenvalue weighted by Gasteiger charge is -2.25. The first-order valence-corrected chi connectivity index (χ1v) is 9.58. The SMILES string of the molecule is C[C@@](CCn1ccc(-c2cccc(F)c2)cc1=O)(C(=O)NO)S(C)(=O)=O. The number of halogens is 1. The number of nitrogens with zero attached hydrogens (tertiary/aromatic N) is 1. The molecule has 1 heterocycles. The van der Waals surface area contributed by atoms with E-state index in [-0.39, 0.29) is 13.0 Å². The van der Waals surface area contributed by atoms with E-state index in [1.54, 1.807) is 12.1 Å². The predicted octanol–water partition coefficient (Wildman–Crippen LogP) is 1.35. The van der Waals surface area contributed by atoms with Gasteiger partial charge in [-0.25, -0.2) is 18.3 Å². The molecule has 1 atom stereocenters. The monoisotopic (exact) mass is 382 g/mol. The average molecular weight is 382 g/mol. The van der Waals surface area contributed by atoms with Gasteiger partial charge in [0.15, 0.2) is 14.6 Å². The van der Waals surface area contributed by atoms with Gasteiger partial charge in [0.1, 0.15) is 5.82 Å². The Kier molecular flexibility index (Phi) is 5.62. The molecule has 0 saturated carbocycles. The summed E-state index contributed by atoms with van der Waals surface area (Å²) in [6.07, 6.45) is 2.12. The number of hydrogen-bond donors (Lipinski definition) is 2. The Morgan fingerprint density at radius 2 is 1.92 bits per heavy atom. The standard InChI is InChI=1S/C17H19FN2O5S/c1-17(16(22)19-23,26(2,24)25)7-9-20-8-6-13(11-15(20)21)12-4-3-5-14(18)10-12/h3-6,8,10-11,23H,7,9H2,1-2H3,(H,19,22)/t17-/m1/s1. The summed E-state index contributed by atoms with van der Waals surface area (Å²) in [6, 6.07) is 8.68. The van der Waals surface area contributed by atoms with Crippen LogP contribution in [-0.2, 0) is 21.2 Å². The van der Waals surface area contributed by atoms with Crippen molar-refractivity contribution in [3.8, 4) is 11.1 Å². The van der Waals surface area contributed by atoms with Gasteiger partial charge in [0, 0.05) is 25.1 Å². The Bertz CT molecular complexity index is 987. The Labute approximate surface area is 150 Å². The minimum atomic E-state index is -3.84. The number of carbonyl (C=O) groups excluding carboxylic acids is 1. The van der Waals surface area contributed by atoms with Gasteiger partial charge in [0.2, 0.25) is 0 Å². The van der Waals surface area contributed by atoms with Gasteiger partial charge < -0.3 is 4.57 Å². The van der Waals surface area contributed by atoms with E-state index in [2.05, 4.69) is 0 Å². The van der Waals surface area contributed by atoms with Crippen molar-refractivity contribution in [1.82, 2.24) is 10.0 Å². The number of amides is 1. The normalized spacial score (nSPS) is 13.8. The summed E-state index contributed by atoms with van der Waals surface area (Å²) < 4.78 is 36.5. The molecule has 0 spiro atoms. The molecule has 0 radical (unpaired) electrons. The van der Waals surface area contributed by atoms with E-state index in [9.17, 15) is 22.4 Å². The Morgan fingerprint density at radius 1 is 1.27 bits per heavy atom. The van der Waals surface area contributed by atoms with E-state index >= 15 is 0 Å². The minimum absolute atomic E-state index is 0.0563.